The van der Waals surface area contributed by atoms with Gasteiger partial charge in [-0.25, -0.2) is 0 Å². The van der Waals surface area contributed by atoms with Crippen molar-refractivity contribution in [3.05, 3.63) is 23.3 Å². The number of aryl methyl sites for hydroxylation is 1. The highest BCUT2D eigenvalue weighted by Gasteiger charge is 2.30. The first kappa shape index (κ1) is 13.9. The van der Waals surface area contributed by atoms with Crippen LogP contribution < -0.4 is 9.47 Å². The van der Waals surface area contributed by atoms with Crippen molar-refractivity contribution in [3.8, 4) is 11.5 Å². The summed E-state index contributed by atoms with van der Waals surface area (Å²) < 4.78 is 16.0. The van der Waals surface area contributed by atoms with E-state index in [1.54, 1.807) is 20.3 Å². The third-order valence-electron chi connectivity index (χ3n) is 3.57. The average molecular weight is 264 g/mol. The van der Waals surface area contributed by atoms with Crippen molar-refractivity contribution < 1.29 is 19.0 Å². The number of carbonyl (C=O) groups is 1. The van der Waals surface area contributed by atoms with Crippen LogP contribution in [0.3, 0.4) is 0 Å². The van der Waals surface area contributed by atoms with Crippen LogP contribution in [-0.4, -0.2) is 32.7 Å². The summed E-state index contributed by atoms with van der Waals surface area (Å²) in [5, 5.41) is 0. The Hall–Kier alpha value is -1.55. The molecule has 0 aromatic heterocycles. The molecule has 1 aromatic rings. The van der Waals surface area contributed by atoms with Crippen LogP contribution in [0.15, 0.2) is 12.1 Å². The zero-order valence-corrected chi connectivity index (χ0v) is 11.9. The molecule has 1 aliphatic rings. The van der Waals surface area contributed by atoms with E-state index in [9.17, 15) is 4.79 Å². The lowest BCUT2D eigenvalue weighted by Crippen LogP contribution is -2.16. The van der Waals surface area contributed by atoms with Crippen LogP contribution in [-0.2, 0) is 4.74 Å². The van der Waals surface area contributed by atoms with Crippen molar-refractivity contribution in [1.29, 1.82) is 0 Å². The first-order chi connectivity index (χ1) is 9.06. The lowest BCUT2D eigenvalue weighted by molar-refractivity contribution is 0.0876. The number of hydrogen-bond donors (Lipinski definition) is 0. The van der Waals surface area contributed by atoms with Crippen LogP contribution in [0, 0.1) is 12.8 Å². The number of methoxy groups -OCH3 is 2. The minimum absolute atomic E-state index is 0.0493. The van der Waals surface area contributed by atoms with E-state index in [1.807, 2.05) is 19.9 Å². The molecule has 1 fully saturated rings. The summed E-state index contributed by atoms with van der Waals surface area (Å²) in [5.74, 6) is 1.31. The van der Waals surface area contributed by atoms with Gasteiger partial charge in [0.25, 0.3) is 0 Å². The van der Waals surface area contributed by atoms with Crippen molar-refractivity contribution in [2.45, 2.75) is 26.4 Å². The van der Waals surface area contributed by atoms with Gasteiger partial charge in [0.1, 0.15) is 0 Å². The Balaban J connectivity index is 2.31. The number of rotatable bonds is 4. The minimum Gasteiger partial charge on any atom is -0.493 e. The fourth-order valence-corrected chi connectivity index (χ4v) is 2.47. The maximum Gasteiger partial charge on any atom is 0.168 e. The second-order valence-electron chi connectivity index (χ2n) is 4.96. The van der Waals surface area contributed by atoms with Gasteiger partial charge in [-0.15, -0.1) is 0 Å². The zero-order chi connectivity index (χ0) is 14.0. The van der Waals surface area contributed by atoms with Gasteiger partial charge in [0.05, 0.1) is 26.9 Å². The lowest BCUT2D eigenvalue weighted by Gasteiger charge is -2.14. The van der Waals surface area contributed by atoms with Crippen LogP contribution >= 0.6 is 0 Å². The maximum atomic E-state index is 12.5. The molecule has 0 N–H and O–H groups in total. The molecule has 4 heteroatoms. The van der Waals surface area contributed by atoms with E-state index in [2.05, 4.69) is 0 Å². The van der Waals surface area contributed by atoms with Gasteiger partial charge in [-0.2, -0.15) is 0 Å². The first-order valence-electron chi connectivity index (χ1n) is 6.45. The zero-order valence-electron chi connectivity index (χ0n) is 11.9. The highest BCUT2D eigenvalue weighted by molar-refractivity contribution is 6.00. The van der Waals surface area contributed by atoms with Crippen molar-refractivity contribution in [1.82, 2.24) is 0 Å². The number of ketones is 1. The third-order valence-corrected chi connectivity index (χ3v) is 3.57. The summed E-state index contributed by atoms with van der Waals surface area (Å²) in [6.07, 6.45) is 0.946. The summed E-state index contributed by atoms with van der Waals surface area (Å²) >= 11 is 0. The summed E-state index contributed by atoms with van der Waals surface area (Å²) in [5.41, 5.74) is 1.60. The van der Waals surface area contributed by atoms with Gasteiger partial charge in [0.2, 0.25) is 0 Å². The summed E-state index contributed by atoms with van der Waals surface area (Å²) in [6.45, 7) is 4.41. The van der Waals surface area contributed by atoms with Gasteiger partial charge in [-0.1, -0.05) is 0 Å². The molecule has 0 bridgehead atoms. The Morgan fingerprint density at radius 3 is 2.42 bits per heavy atom. The molecule has 0 amide bonds. The molecule has 19 heavy (non-hydrogen) atoms. The largest absolute Gasteiger partial charge is 0.493 e. The number of carbonyl (C=O) groups excluding carboxylic acids is 1. The highest BCUT2D eigenvalue weighted by Crippen LogP contribution is 2.33. The van der Waals surface area contributed by atoms with Gasteiger partial charge in [0.15, 0.2) is 17.3 Å². The van der Waals surface area contributed by atoms with Crippen molar-refractivity contribution >= 4 is 5.78 Å². The highest BCUT2D eigenvalue weighted by atomic mass is 16.5. The Morgan fingerprint density at radius 2 is 1.89 bits per heavy atom. The van der Waals surface area contributed by atoms with E-state index in [0.717, 1.165) is 12.0 Å². The molecule has 0 radical (unpaired) electrons. The summed E-state index contributed by atoms with van der Waals surface area (Å²) in [4.78, 5) is 12.5. The predicted octanol–water partition coefficient (Wildman–Crippen LogP) is 2.62. The smallest absolute Gasteiger partial charge is 0.168 e. The predicted molar refractivity (Wildman–Crippen MR) is 72.1 cm³/mol. The van der Waals surface area contributed by atoms with Crippen LogP contribution in [0.5, 0.6) is 11.5 Å². The topological polar surface area (TPSA) is 44.8 Å². The Bertz CT molecular complexity index is 481. The number of ether oxygens (including phenoxy) is 3. The standard InChI is InChI=1S/C15H20O4/c1-9-5-13(17-3)14(18-4)7-12(9)15(16)11-6-10(2)19-8-11/h5,7,10-11H,6,8H2,1-4H3. The van der Waals surface area contributed by atoms with E-state index in [1.165, 1.54) is 0 Å². The van der Waals surface area contributed by atoms with Crippen LogP contribution in [0.1, 0.15) is 29.3 Å². The van der Waals surface area contributed by atoms with E-state index in [0.29, 0.717) is 23.7 Å². The molecule has 0 saturated carbocycles. The fourth-order valence-electron chi connectivity index (χ4n) is 2.47. The van der Waals surface area contributed by atoms with Gasteiger partial charge in [0, 0.05) is 11.5 Å². The van der Waals surface area contributed by atoms with Gasteiger partial charge >= 0.3 is 0 Å². The molecule has 1 saturated heterocycles. The van der Waals surface area contributed by atoms with Crippen LogP contribution in [0.2, 0.25) is 0 Å². The maximum absolute atomic E-state index is 12.5. The van der Waals surface area contributed by atoms with E-state index in [-0.39, 0.29) is 17.8 Å². The molecular weight excluding hydrogens is 244 g/mol. The molecule has 1 heterocycles. The number of Topliss-reactive ketones (excluding diaryl/α,β-unsaturated/α-hetero) is 1. The number of hydrogen-bond acceptors (Lipinski definition) is 4. The Morgan fingerprint density at radius 1 is 1.26 bits per heavy atom. The van der Waals surface area contributed by atoms with Crippen LogP contribution in [0.25, 0.3) is 0 Å². The molecule has 104 valence electrons. The van der Waals surface area contributed by atoms with Crippen LogP contribution in [0.4, 0.5) is 0 Å². The van der Waals surface area contributed by atoms with Crippen molar-refractivity contribution in [2.75, 3.05) is 20.8 Å². The molecule has 1 aromatic carbocycles. The normalized spacial score (nSPS) is 22.3. The quantitative estimate of drug-likeness (QED) is 0.784. The monoisotopic (exact) mass is 264 g/mol. The molecule has 0 aliphatic carbocycles. The molecular formula is C15H20O4. The van der Waals surface area contributed by atoms with Crippen molar-refractivity contribution in [2.24, 2.45) is 5.92 Å². The van der Waals surface area contributed by atoms with Gasteiger partial charge in [-0.05, 0) is 38.0 Å². The molecule has 0 spiro atoms. The first-order valence-corrected chi connectivity index (χ1v) is 6.45. The molecule has 2 atom stereocenters. The molecule has 2 unspecified atom stereocenters. The SMILES string of the molecule is COc1cc(C)c(C(=O)C2COC(C)C2)cc1OC. The van der Waals surface area contributed by atoms with Gasteiger partial charge in [-0.3, -0.25) is 4.79 Å². The fraction of sp³-hybridized carbons (Fsp3) is 0.533. The summed E-state index contributed by atoms with van der Waals surface area (Å²) in [6, 6.07) is 3.60. The van der Waals surface area contributed by atoms with E-state index < -0.39 is 0 Å². The molecule has 2 rings (SSSR count). The van der Waals surface area contributed by atoms with Gasteiger partial charge < -0.3 is 14.2 Å². The van der Waals surface area contributed by atoms with E-state index in [4.69, 9.17) is 14.2 Å². The number of benzene rings is 1. The van der Waals surface area contributed by atoms with Crippen molar-refractivity contribution in [3.63, 3.8) is 0 Å². The van der Waals surface area contributed by atoms with E-state index >= 15 is 0 Å². The Labute approximate surface area is 113 Å². The molecule has 4 nitrogen and oxygen atoms in total. The second kappa shape index (κ2) is 5.61. The third kappa shape index (κ3) is 2.73. The summed E-state index contributed by atoms with van der Waals surface area (Å²) in [7, 11) is 3.16. The second-order valence-corrected chi connectivity index (χ2v) is 4.96. The minimum atomic E-state index is -0.0493. The molecule has 1 aliphatic heterocycles. The Kier molecular flexibility index (Phi) is 4.10. The average Bonchev–Trinajstić information content (AvgIpc) is 2.84. The lowest BCUT2D eigenvalue weighted by atomic mass is 9.92.